The van der Waals surface area contributed by atoms with E-state index in [2.05, 4.69) is 16.8 Å². The first-order valence-electron chi connectivity index (χ1n) is 7.47. The van der Waals surface area contributed by atoms with Gasteiger partial charge in [0.2, 0.25) is 0 Å². The number of hydrogen-bond donors (Lipinski definition) is 0. The minimum absolute atomic E-state index is 0.0280. The van der Waals surface area contributed by atoms with Gasteiger partial charge in [0.15, 0.2) is 11.5 Å². The van der Waals surface area contributed by atoms with E-state index in [1.165, 1.54) is 0 Å². The number of rotatable bonds is 2. The van der Waals surface area contributed by atoms with Gasteiger partial charge in [-0.3, -0.25) is 4.79 Å². The molecule has 1 unspecified atom stereocenters. The minimum Gasteiger partial charge on any atom is -0.493 e. The van der Waals surface area contributed by atoms with Crippen LogP contribution in [0.2, 0.25) is 0 Å². The molecule has 5 nitrogen and oxygen atoms in total. The molecule has 0 fully saturated rings. The third-order valence-electron chi connectivity index (χ3n) is 4.60. The number of methoxy groups -OCH3 is 2. The van der Waals surface area contributed by atoms with E-state index in [0.29, 0.717) is 17.1 Å². The molecule has 1 atom stereocenters. The third-order valence-corrected chi connectivity index (χ3v) is 4.60. The van der Waals surface area contributed by atoms with Gasteiger partial charge in [0.1, 0.15) is 0 Å². The van der Waals surface area contributed by atoms with Gasteiger partial charge in [-0.15, -0.1) is 0 Å². The van der Waals surface area contributed by atoms with Crippen LogP contribution in [-0.4, -0.2) is 36.1 Å². The molecular weight excluding hydrogens is 280 g/mol. The molecule has 114 valence electrons. The van der Waals surface area contributed by atoms with Crippen molar-refractivity contribution in [2.24, 2.45) is 0 Å². The first-order chi connectivity index (χ1) is 10.8. The van der Waals surface area contributed by atoms with Gasteiger partial charge in [0, 0.05) is 25.0 Å². The van der Waals surface area contributed by atoms with Crippen molar-refractivity contribution in [3.63, 3.8) is 0 Å². The van der Waals surface area contributed by atoms with Crippen LogP contribution in [0.5, 0.6) is 11.5 Å². The molecule has 0 bridgehead atoms. The summed E-state index contributed by atoms with van der Waals surface area (Å²) in [6.07, 6.45) is 3.04. The summed E-state index contributed by atoms with van der Waals surface area (Å²) in [7, 11) is 3.17. The van der Waals surface area contributed by atoms with Crippen molar-refractivity contribution in [1.29, 1.82) is 0 Å². The first kappa shape index (κ1) is 13.2. The molecule has 2 aliphatic rings. The molecule has 1 aromatic carbocycles. The quantitative estimate of drug-likeness (QED) is 0.855. The number of aromatic nitrogens is 1. The Morgan fingerprint density at radius 3 is 2.77 bits per heavy atom. The number of benzene rings is 1. The zero-order valence-corrected chi connectivity index (χ0v) is 12.7. The van der Waals surface area contributed by atoms with Crippen molar-refractivity contribution in [3.05, 3.63) is 47.3 Å². The fourth-order valence-corrected chi connectivity index (χ4v) is 3.66. The SMILES string of the molecule is COc1ccc2c(c1OC)C(=O)N1CCCn3cccc3C21. The molecular formula is C17H18N2O3. The van der Waals surface area contributed by atoms with Gasteiger partial charge in [-0.1, -0.05) is 6.07 Å². The number of carbonyl (C=O) groups is 1. The second kappa shape index (κ2) is 4.80. The summed E-state index contributed by atoms with van der Waals surface area (Å²) in [5.41, 5.74) is 2.81. The Bertz CT molecular complexity index is 750. The molecule has 1 aromatic heterocycles. The maximum atomic E-state index is 12.9. The lowest BCUT2D eigenvalue weighted by Gasteiger charge is -2.22. The molecule has 0 radical (unpaired) electrons. The van der Waals surface area contributed by atoms with Gasteiger partial charge >= 0.3 is 0 Å². The summed E-state index contributed by atoms with van der Waals surface area (Å²) in [6.45, 7) is 1.70. The Morgan fingerprint density at radius 2 is 2.00 bits per heavy atom. The van der Waals surface area contributed by atoms with E-state index >= 15 is 0 Å². The zero-order chi connectivity index (χ0) is 15.3. The fraction of sp³-hybridized carbons (Fsp3) is 0.353. The molecule has 2 aromatic rings. The topological polar surface area (TPSA) is 43.7 Å². The highest BCUT2D eigenvalue weighted by Crippen LogP contribution is 2.46. The van der Waals surface area contributed by atoms with Gasteiger partial charge in [-0.05, 0) is 30.2 Å². The van der Waals surface area contributed by atoms with Crippen LogP contribution < -0.4 is 9.47 Å². The maximum Gasteiger partial charge on any atom is 0.258 e. The van der Waals surface area contributed by atoms with Gasteiger partial charge in [0.05, 0.1) is 25.8 Å². The highest BCUT2D eigenvalue weighted by Gasteiger charge is 2.42. The first-order valence-corrected chi connectivity index (χ1v) is 7.47. The summed E-state index contributed by atoms with van der Waals surface area (Å²) in [5.74, 6) is 1.17. The van der Waals surface area contributed by atoms with Gasteiger partial charge < -0.3 is 18.9 Å². The van der Waals surface area contributed by atoms with Crippen LogP contribution in [-0.2, 0) is 6.54 Å². The Morgan fingerprint density at radius 1 is 1.14 bits per heavy atom. The molecule has 0 spiro atoms. The lowest BCUT2D eigenvalue weighted by molar-refractivity contribution is 0.0750. The van der Waals surface area contributed by atoms with Crippen molar-refractivity contribution < 1.29 is 14.3 Å². The summed E-state index contributed by atoms with van der Waals surface area (Å²) in [4.78, 5) is 14.9. The lowest BCUT2D eigenvalue weighted by atomic mass is 10.0. The summed E-state index contributed by atoms with van der Waals surface area (Å²) in [6, 6.07) is 7.98. The minimum atomic E-state index is -0.0280. The third kappa shape index (κ3) is 1.62. The fourth-order valence-electron chi connectivity index (χ4n) is 3.66. The maximum absolute atomic E-state index is 12.9. The van der Waals surface area contributed by atoms with Crippen molar-refractivity contribution in [2.75, 3.05) is 20.8 Å². The van der Waals surface area contributed by atoms with Crippen LogP contribution in [0.15, 0.2) is 30.5 Å². The second-order valence-electron chi connectivity index (χ2n) is 5.65. The molecule has 0 saturated carbocycles. The van der Waals surface area contributed by atoms with Crippen molar-refractivity contribution in [3.8, 4) is 11.5 Å². The van der Waals surface area contributed by atoms with Crippen LogP contribution in [0.25, 0.3) is 0 Å². The molecule has 0 N–H and O–H groups in total. The van der Waals surface area contributed by atoms with Crippen LogP contribution >= 0.6 is 0 Å². The second-order valence-corrected chi connectivity index (χ2v) is 5.65. The lowest BCUT2D eigenvalue weighted by Crippen LogP contribution is -2.28. The Labute approximate surface area is 129 Å². The molecule has 0 saturated heterocycles. The molecule has 3 heterocycles. The average molecular weight is 298 g/mol. The summed E-state index contributed by atoms with van der Waals surface area (Å²) in [5, 5.41) is 0. The van der Waals surface area contributed by atoms with Gasteiger partial charge in [-0.25, -0.2) is 0 Å². The molecule has 5 heteroatoms. The molecule has 22 heavy (non-hydrogen) atoms. The molecule has 2 aliphatic heterocycles. The number of ether oxygens (including phenoxy) is 2. The predicted molar refractivity (Wildman–Crippen MR) is 81.5 cm³/mol. The number of nitrogens with zero attached hydrogens (tertiary/aromatic N) is 2. The number of aryl methyl sites for hydroxylation is 1. The molecule has 4 rings (SSSR count). The summed E-state index contributed by atoms with van der Waals surface area (Å²) >= 11 is 0. The van der Waals surface area contributed by atoms with Crippen LogP contribution in [0, 0.1) is 0 Å². The van der Waals surface area contributed by atoms with E-state index in [1.54, 1.807) is 14.2 Å². The van der Waals surface area contributed by atoms with E-state index in [4.69, 9.17) is 9.47 Å². The van der Waals surface area contributed by atoms with E-state index in [0.717, 1.165) is 30.8 Å². The predicted octanol–water partition coefficient (Wildman–Crippen LogP) is 2.45. The largest absolute Gasteiger partial charge is 0.493 e. The number of fused-ring (bicyclic) bond motifs is 5. The van der Waals surface area contributed by atoms with Gasteiger partial charge in [0.25, 0.3) is 5.91 Å². The number of hydrogen-bond acceptors (Lipinski definition) is 3. The van der Waals surface area contributed by atoms with Crippen molar-refractivity contribution >= 4 is 5.91 Å². The summed E-state index contributed by atoms with van der Waals surface area (Å²) < 4.78 is 13.1. The van der Waals surface area contributed by atoms with E-state index < -0.39 is 0 Å². The monoisotopic (exact) mass is 298 g/mol. The zero-order valence-electron chi connectivity index (χ0n) is 12.7. The average Bonchev–Trinajstić information content (AvgIpc) is 3.05. The van der Waals surface area contributed by atoms with Gasteiger partial charge in [-0.2, -0.15) is 0 Å². The van der Waals surface area contributed by atoms with Crippen molar-refractivity contribution in [2.45, 2.75) is 19.0 Å². The van der Waals surface area contributed by atoms with E-state index in [-0.39, 0.29) is 11.9 Å². The van der Waals surface area contributed by atoms with E-state index in [1.807, 2.05) is 23.1 Å². The number of carbonyl (C=O) groups excluding carboxylic acids is 1. The van der Waals surface area contributed by atoms with Crippen LogP contribution in [0.3, 0.4) is 0 Å². The van der Waals surface area contributed by atoms with Crippen LogP contribution in [0.4, 0.5) is 0 Å². The smallest absolute Gasteiger partial charge is 0.258 e. The Hall–Kier alpha value is -2.43. The number of amides is 1. The highest BCUT2D eigenvalue weighted by molar-refractivity contribution is 6.03. The van der Waals surface area contributed by atoms with Crippen molar-refractivity contribution in [1.82, 2.24) is 9.47 Å². The Balaban J connectivity index is 1.96. The van der Waals surface area contributed by atoms with Crippen LogP contribution in [0.1, 0.15) is 34.1 Å². The standard InChI is InChI=1S/C17H18N2O3/c1-21-13-7-6-11-14(16(13)22-2)17(20)19-10-4-9-18-8-3-5-12(18)15(11)19/h3,5-8,15H,4,9-10H2,1-2H3. The Kier molecular flexibility index (Phi) is 2.89. The molecule has 0 aliphatic carbocycles. The molecule has 1 amide bonds. The normalized spacial score (nSPS) is 19.3. The van der Waals surface area contributed by atoms with E-state index in [9.17, 15) is 4.79 Å². The highest BCUT2D eigenvalue weighted by atomic mass is 16.5.